The Balaban J connectivity index is 2.80. The summed E-state index contributed by atoms with van der Waals surface area (Å²) in [5.74, 6) is -6.24. The largest absolute Gasteiger partial charge is 0.468 e. The second kappa shape index (κ2) is 5.33. The molecule has 0 fully saturated rings. The molecule has 0 atom stereocenters. The summed E-state index contributed by atoms with van der Waals surface area (Å²) in [5.41, 5.74) is -0.426. The standard InChI is InChI=1S/C10H8F3NO3/c1-17-8(15)4-14-10(16)5-2-6(11)9(13)7(12)3-5/h2-3H,4H2,1H3,(H,14,16). The molecular formula is C10H8F3NO3. The van der Waals surface area contributed by atoms with Crippen LogP contribution in [-0.2, 0) is 9.53 Å². The minimum absolute atomic E-state index is 0.426. The molecule has 92 valence electrons. The lowest BCUT2D eigenvalue weighted by molar-refractivity contribution is -0.139. The summed E-state index contributed by atoms with van der Waals surface area (Å²) in [6, 6.07) is 1.07. The maximum Gasteiger partial charge on any atom is 0.325 e. The highest BCUT2D eigenvalue weighted by molar-refractivity contribution is 5.95. The zero-order valence-electron chi connectivity index (χ0n) is 8.72. The summed E-state index contributed by atoms with van der Waals surface area (Å²) in [5, 5.41) is 2.05. The van der Waals surface area contributed by atoms with Gasteiger partial charge in [0.1, 0.15) is 6.54 Å². The van der Waals surface area contributed by atoms with E-state index in [4.69, 9.17) is 0 Å². The summed E-state index contributed by atoms with van der Waals surface area (Å²) in [7, 11) is 1.12. The first-order valence-electron chi connectivity index (χ1n) is 4.45. The molecule has 1 amide bonds. The molecule has 7 heteroatoms. The number of rotatable bonds is 3. The fourth-order valence-corrected chi connectivity index (χ4v) is 1.01. The smallest absolute Gasteiger partial charge is 0.325 e. The molecule has 0 aliphatic heterocycles. The van der Waals surface area contributed by atoms with E-state index in [-0.39, 0.29) is 0 Å². The summed E-state index contributed by atoms with van der Waals surface area (Å²) in [6.07, 6.45) is 0. The minimum atomic E-state index is -1.66. The highest BCUT2D eigenvalue weighted by Crippen LogP contribution is 2.13. The van der Waals surface area contributed by atoms with Crippen LogP contribution in [0.3, 0.4) is 0 Å². The van der Waals surface area contributed by atoms with Crippen LogP contribution in [0.4, 0.5) is 13.2 Å². The minimum Gasteiger partial charge on any atom is -0.468 e. The zero-order valence-corrected chi connectivity index (χ0v) is 8.72. The highest BCUT2D eigenvalue weighted by Gasteiger charge is 2.15. The van der Waals surface area contributed by atoms with Crippen molar-refractivity contribution >= 4 is 11.9 Å². The normalized spacial score (nSPS) is 9.88. The maximum atomic E-state index is 12.8. The number of carbonyl (C=O) groups is 2. The van der Waals surface area contributed by atoms with E-state index in [9.17, 15) is 22.8 Å². The molecule has 0 bridgehead atoms. The van der Waals surface area contributed by atoms with E-state index < -0.39 is 41.4 Å². The van der Waals surface area contributed by atoms with Gasteiger partial charge in [0.25, 0.3) is 5.91 Å². The number of ether oxygens (including phenoxy) is 1. The molecule has 1 N–H and O–H groups in total. The van der Waals surface area contributed by atoms with Crippen molar-refractivity contribution in [2.45, 2.75) is 0 Å². The number of esters is 1. The lowest BCUT2D eigenvalue weighted by atomic mass is 10.2. The number of amides is 1. The Labute approximate surface area is 94.4 Å². The number of hydrogen-bond donors (Lipinski definition) is 1. The van der Waals surface area contributed by atoms with Crippen LogP contribution in [0, 0.1) is 17.5 Å². The van der Waals surface area contributed by atoms with E-state index in [1.807, 2.05) is 0 Å². The van der Waals surface area contributed by atoms with Crippen molar-refractivity contribution in [3.63, 3.8) is 0 Å². The molecule has 0 radical (unpaired) electrons. The molecule has 1 aromatic rings. The van der Waals surface area contributed by atoms with Gasteiger partial charge in [-0.25, -0.2) is 13.2 Å². The summed E-state index contributed by atoms with van der Waals surface area (Å²) < 4.78 is 42.4. The second-order valence-corrected chi connectivity index (χ2v) is 3.01. The Morgan fingerprint density at radius 1 is 1.24 bits per heavy atom. The number of nitrogens with one attached hydrogen (secondary N) is 1. The number of methoxy groups -OCH3 is 1. The summed E-state index contributed by atoms with van der Waals surface area (Å²) >= 11 is 0. The van der Waals surface area contributed by atoms with Gasteiger partial charge in [0.05, 0.1) is 7.11 Å². The molecular weight excluding hydrogens is 239 g/mol. The average molecular weight is 247 g/mol. The number of halogens is 3. The Hall–Kier alpha value is -2.05. The van der Waals surface area contributed by atoms with E-state index in [1.165, 1.54) is 0 Å². The summed E-state index contributed by atoms with van der Waals surface area (Å²) in [6.45, 7) is -0.448. The van der Waals surface area contributed by atoms with Gasteiger partial charge < -0.3 is 10.1 Å². The predicted octanol–water partition coefficient (Wildman–Crippen LogP) is 1.01. The van der Waals surface area contributed by atoms with Gasteiger partial charge in [-0.3, -0.25) is 9.59 Å². The molecule has 0 saturated heterocycles. The Morgan fingerprint density at radius 3 is 2.24 bits per heavy atom. The van der Waals surface area contributed by atoms with Gasteiger partial charge in [-0.05, 0) is 12.1 Å². The van der Waals surface area contributed by atoms with Gasteiger partial charge >= 0.3 is 5.97 Å². The number of hydrogen-bond acceptors (Lipinski definition) is 3. The monoisotopic (exact) mass is 247 g/mol. The Bertz CT molecular complexity index is 439. The van der Waals surface area contributed by atoms with Crippen molar-refractivity contribution in [3.8, 4) is 0 Å². The molecule has 0 unspecified atom stereocenters. The van der Waals surface area contributed by atoms with E-state index in [2.05, 4.69) is 10.1 Å². The van der Waals surface area contributed by atoms with Crippen LogP contribution in [0.2, 0.25) is 0 Å². The first-order chi connectivity index (χ1) is 7.95. The average Bonchev–Trinajstić information content (AvgIpc) is 2.31. The Morgan fingerprint density at radius 2 is 1.76 bits per heavy atom. The van der Waals surface area contributed by atoms with Crippen molar-refractivity contribution in [2.75, 3.05) is 13.7 Å². The second-order valence-electron chi connectivity index (χ2n) is 3.01. The third-order valence-corrected chi connectivity index (χ3v) is 1.87. The van der Waals surface area contributed by atoms with Gasteiger partial charge in [-0.2, -0.15) is 0 Å². The summed E-state index contributed by atoms with van der Waals surface area (Å²) in [4.78, 5) is 22.0. The van der Waals surface area contributed by atoms with Crippen molar-refractivity contribution < 1.29 is 27.5 Å². The van der Waals surface area contributed by atoms with Gasteiger partial charge in [-0.15, -0.1) is 0 Å². The Kier molecular flexibility index (Phi) is 4.08. The SMILES string of the molecule is COC(=O)CNC(=O)c1cc(F)c(F)c(F)c1. The van der Waals surface area contributed by atoms with E-state index in [0.717, 1.165) is 7.11 Å². The quantitative estimate of drug-likeness (QED) is 0.640. The van der Waals surface area contributed by atoms with Crippen LogP contribution < -0.4 is 5.32 Å². The molecule has 4 nitrogen and oxygen atoms in total. The van der Waals surface area contributed by atoms with Gasteiger partial charge in [0.15, 0.2) is 17.5 Å². The van der Waals surface area contributed by atoms with E-state index >= 15 is 0 Å². The highest BCUT2D eigenvalue weighted by atomic mass is 19.2. The third kappa shape index (κ3) is 3.20. The maximum absolute atomic E-state index is 12.8. The van der Waals surface area contributed by atoms with Crippen LogP contribution in [0.5, 0.6) is 0 Å². The number of carbonyl (C=O) groups excluding carboxylic acids is 2. The van der Waals surface area contributed by atoms with Crippen molar-refractivity contribution in [1.82, 2.24) is 5.32 Å². The molecule has 0 aromatic heterocycles. The van der Waals surface area contributed by atoms with Crippen LogP contribution in [0.1, 0.15) is 10.4 Å². The van der Waals surface area contributed by atoms with E-state index in [0.29, 0.717) is 12.1 Å². The zero-order chi connectivity index (χ0) is 13.0. The van der Waals surface area contributed by atoms with Crippen molar-refractivity contribution in [1.29, 1.82) is 0 Å². The van der Waals surface area contributed by atoms with Crippen LogP contribution >= 0.6 is 0 Å². The van der Waals surface area contributed by atoms with Gasteiger partial charge in [0, 0.05) is 5.56 Å². The fourth-order valence-electron chi connectivity index (χ4n) is 1.01. The first-order valence-corrected chi connectivity index (χ1v) is 4.45. The third-order valence-electron chi connectivity index (χ3n) is 1.87. The molecule has 1 rings (SSSR count). The van der Waals surface area contributed by atoms with Crippen LogP contribution in [0.25, 0.3) is 0 Å². The van der Waals surface area contributed by atoms with Crippen molar-refractivity contribution in [2.24, 2.45) is 0 Å². The molecule has 0 heterocycles. The molecule has 0 aliphatic rings. The lowest BCUT2D eigenvalue weighted by Gasteiger charge is -2.04. The molecule has 17 heavy (non-hydrogen) atoms. The predicted molar refractivity (Wildman–Crippen MR) is 50.7 cm³/mol. The number of benzene rings is 1. The topological polar surface area (TPSA) is 55.4 Å². The van der Waals surface area contributed by atoms with Crippen LogP contribution in [-0.4, -0.2) is 25.5 Å². The van der Waals surface area contributed by atoms with Gasteiger partial charge in [0.2, 0.25) is 0 Å². The molecule has 0 saturated carbocycles. The fraction of sp³-hybridized carbons (Fsp3) is 0.200. The molecule has 0 spiro atoms. The van der Waals surface area contributed by atoms with E-state index in [1.54, 1.807) is 0 Å². The lowest BCUT2D eigenvalue weighted by Crippen LogP contribution is -2.30. The molecule has 1 aromatic carbocycles. The van der Waals surface area contributed by atoms with Gasteiger partial charge in [-0.1, -0.05) is 0 Å². The molecule has 0 aliphatic carbocycles. The van der Waals surface area contributed by atoms with Crippen molar-refractivity contribution in [3.05, 3.63) is 35.1 Å². The first kappa shape index (κ1) is 13.0. The van der Waals surface area contributed by atoms with Crippen LogP contribution in [0.15, 0.2) is 12.1 Å².